The third-order valence-electron chi connectivity index (χ3n) is 3.21. The number of aliphatic hydroxyl groups excluding tert-OH is 1. The third kappa shape index (κ3) is 4.63. The summed E-state index contributed by atoms with van der Waals surface area (Å²) in [6, 6.07) is 0. The van der Waals surface area contributed by atoms with E-state index in [1.807, 2.05) is 0 Å². The lowest BCUT2D eigenvalue weighted by atomic mass is 9.87. The number of aliphatic hydroxyl groups is 1. The van der Waals surface area contributed by atoms with Crippen molar-refractivity contribution in [1.29, 1.82) is 0 Å². The fraction of sp³-hybridized carbons (Fsp3) is 0.909. The summed E-state index contributed by atoms with van der Waals surface area (Å²) in [6.07, 6.45) is -0.430. The Morgan fingerprint density at radius 1 is 1.29 bits per heavy atom. The van der Waals surface area contributed by atoms with Crippen LogP contribution in [-0.4, -0.2) is 48.7 Å². The molecule has 17 heavy (non-hydrogen) atoms. The summed E-state index contributed by atoms with van der Waals surface area (Å²) in [7, 11) is 0. The van der Waals surface area contributed by atoms with Gasteiger partial charge in [-0.2, -0.15) is 13.2 Å². The summed E-state index contributed by atoms with van der Waals surface area (Å²) in [5, 5.41) is 8.77. The number of aldehydes is 1. The largest absolute Gasteiger partial charge is 0.401 e. The number of nitrogens with zero attached hydrogens (tertiary/aromatic N) is 1. The van der Waals surface area contributed by atoms with E-state index in [0.717, 1.165) is 24.0 Å². The lowest BCUT2D eigenvalue weighted by Crippen LogP contribution is -2.43. The van der Waals surface area contributed by atoms with Crippen LogP contribution < -0.4 is 0 Å². The molecule has 0 aromatic carbocycles. The molecular weight excluding hydrogens is 235 g/mol. The molecule has 1 saturated carbocycles. The molecule has 0 aromatic rings. The van der Waals surface area contributed by atoms with Gasteiger partial charge >= 0.3 is 6.18 Å². The number of halogens is 3. The van der Waals surface area contributed by atoms with Crippen LogP contribution in [0.5, 0.6) is 0 Å². The topological polar surface area (TPSA) is 40.5 Å². The first-order valence-corrected chi connectivity index (χ1v) is 5.77. The molecule has 0 unspecified atom stereocenters. The lowest BCUT2D eigenvalue weighted by Gasteiger charge is -2.31. The highest BCUT2D eigenvalue weighted by Crippen LogP contribution is 2.37. The molecule has 0 aliphatic heterocycles. The fourth-order valence-corrected chi connectivity index (χ4v) is 2.45. The van der Waals surface area contributed by atoms with Crippen LogP contribution in [0.3, 0.4) is 0 Å². The Morgan fingerprint density at radius 2 is 1.88 bits per heavy atom. The molecule has 1 fully saturated rings. The number of carbonyl (C=O) groups is 1. The quantitative estimate of drug-likeness (QED) is 0.731. The summed E-state index contributed by atoms with van der Waals surface area (Å²) < 4.78 is 37.0. The summed E-state index contributed by atoms with van der Waals surface area (Å²) >= 11 is 0. The van der Waals surface area contributed by atoms with Gasteiger partial charge < -0.3 is 9.90 Å². The molecule has 1 N–H and O–H groups in total. The molecule has 3 nitrogen and oxygen atoms in total. The van der Waals surface area contributed by atoms with E-state index in [-0.39, 0.29) is 19.7 Å². The van der Waals surface area contributed by atoms with Crippen LogP contribution in [0.4, 0.5) is 13.2 Å². The van der Waals surface area contributed by atoms with Gasteiger partial charge in [-0.25, -0.2) is 0 Å². The Labute approximate surface area is 98.6 Å². The number of rotatable bonds is 6. The van der Waals surface area contributed by atoms with Gasteiger partial charge in [0.15, 0.2) is 0 Å². The monoisotopic (exact) mass is 253 g/mol. The molecule has 100 valence electrons. The first-order chi connectivity index (χ1) is 7.91. The summed E-state index contributed by atoms with van der Waals surface area (Å²) in [4.78, 5) is 12.2. The van der Waals surface area contributed by atoms with E-state index in [0.29, 0.717) is 12.8 Å². The minimum absolute atomic E-state index is 0.0465. The van der Waals surface area contributed by atoms with Crippen LogP contribution in [0.15, 0.2) is 0 Å². The van der Waals surface area contributed by atoms with Gasteiger partial charge in [-0.3, -0.25) is 4.90 Å². The van der Waals surface area contributed by atoms with Crippen LogP contribution in [0.25, 0.3) is 0 Å². The van der Waals surface area contributed by atoms with Crippen molar-refractivity contribution in [2.45, 2.75) is 31.9 Å². The minimum Gasteiger partial charge on any atom is -0.395 e. The standard InChI is InChI=1S/C11H18F3NO2/c12-11(13,14)8-15(5-6-16)7-10(9-17)3-1-2-4-10/h9,16H,1-8H2. The third-order valence-corrected chi connectivity index (χ3v) is 3.21. The van der Waals surface area contributed by atoms with E-state index in [1.165, 1.54) is 0 Å². The van der Waals surface area contributed by atoms with Gasteiger partial charge in [0.2, 0.25) is 0 Å². The number of alkyl halides is 3. The average molecular weight is 253 g/mol. The van der Waals surface area contributed by atoms with Crippen LogP contribution in [0.2, 0.25) is 0 Å². The Morgan fingerprint density at radius 3 is 2.29 bits per heavy atom. The molecular formula is C11H18F3NO2. The van der Waals surface area contributed by atoms with Crippen molar-refractivity contribution in [1.82, 2.24) is 4.90 Å². The van der Waals surface area contributed by atoms with Crippen molar-refractivity contribution in [3.05, 3.63) is 0 Å². The number of carbonyl (C=O) groups excluding carboxylic acids is 1. The molecule has 1 aliphatic rings. The molecule has 6 heteroatoms. The predicted molar refractivity (Wildman–Crippen MR) is 56.5 cm³/mol. The van der Waals surface area contributed by atoms with E-state index < -0.39 is 18.1 Å². The van der Waals surface area contributed by atoms with Crippen LogP contribution in [-0.2, 0) is 4.79 Å². The van der Waals surface area contributed by atoms with Gasteiger partial charge in [-0.15, -0.1) is 0 Å². The van der Waals surface area contributed by atoms with Crippen molar-refractivity contribution < 1.29 is 23.1 Å². The zero-order valence-electron chi connectivity index (χ0n) is 9.67. The van der Waals surface area contributed by atoms with Crippen molar-refractivity contribution in [3.8, 4) is 0 Å². The highest BCUT2D eigenvalue weighted by atomic mass is 19.4. The highest BCUT2D eigenvalue weighted by molar-refractivity contribution is 5.60. The van der Waals surface area contributed by atoms with E-state index in [2.05, 4.69) is 0 Å². The minimum atomic E-state index is -4.29. The Bertz CT molecular complexity index is 250. The first-order valence-electron chi connectivity index (χ1n) is 5.77. The number of hydrogen-bond acceptors (Lipinski definition) is 3. The van der Waals surface area contributed by atoms with Crippen molar-refractivity contribution in [3.63, 3.8) is 0 Å². The van der Waals surface area contributed by atoms with Gasteiger partial charge in [-0.1, -0.05) is 12.8 Å². The second-order valence-electron chi connectivity index (χ2n) is 4.74. The first kappa shape index (κ1) is 14.4. The molecule has 0 heterocycles. The molecule has 0 amide bonds. The predicted octanol–water partition coefficient (Wildman–Crippen LogP) is 1.60. The molecule has 0 spiro atoms. The van der Waals surface area contributed by atoms with E-state index in [1.54, 1.807) is 0 Å². The fourth-order valence-electron chi connectivity index (χ4n) is 2.45. The summed E-state index contributed by atoms with van der Waals surface area (Å²) in [5.41, 5.74) is -0.638. The Hall–Kier alpha value is -0.620. The maximum absolute atomic E-state index is 12.3. The average Bonchev–Trinajstić information content (AvgIpc) is 2.65. The SMILES string of the molecule is O=CC1(CN(CCO)CC(F)(F)F)CCCC1. The maximum atomic E-state index is 12.3. The van der Waals surface area contributed by atoms with Crippen molar-refractivity contribution in [2.24, 2.45) is 5.41 Å². The number of hydrogen-bond donors (Lipinski definition) is 1. The smallest absolute Gasteiger partial charge is 0.395 e. The van der Waals surface area contributed by atoms with Crippen LogP contribution in [0.1, 0.15) is 25.7 Å². The lowest BCUT2D eigenvalue weighted by molar-refractivity contribution is -0.151. The second-order valence-corrected chi connectivity index (χ2v) is 4.74. The van der Waals surface area contributed by atoms with Crippen LogP contribution >= 0.6 is 0 Å². The van der Waals surface area contributed by atoms with E-state index in [4.69, 9.17) is 5.11 Å². The molecule has 1 rings (SSSR count). The van der Waals surface area contributed by atoms with Crippen molar-refractivity contribution in [2.75, 3.05) is 26.2 Å². The van der Waals surface area contributed by atoms with Gasteiger partial charge in [0.1, 0.15) is 6.29 Å². The van der Waals surface area contributed by atoms with Crippen molar-refractivity contribution >= 4 is 6.29 Å². The highest BCUT2D eigenvalue weighted by Gasteiger charge is 2.38. The molecule has 1 aliphatic carbocycles. The van der Waals surface area contributed by atoms with Gasteiger partial charge in [0.05, 0.1) is 13.2 Å². The van der Waals surface area contributed by atoms with Gasteiger partial charge in [0.25, 0.3) is 0 Å². The molecule has 0 aromatic heterocycles. The molecule has 0 radical (unpaired) electrons. The molecule has 0 bridgehead atoms. The Balaban J connectivity index is 2.61. The normalized spacial score (nSPS) is 19.8. The summed E-state index contributed by atoms with van der Waals surface area (Å²) in [6.45, 7) is -1.35. The molecule has 0 saturated heterocycles. The van der Waals surface area contributed by atoms with Crippen LogP contribution in [0, 0.1) is 5.41 Å². The second kappa shape index (κ2) is 5.82. The Kier molecular flexibility index (Phi) is 4.94. The van der Waals surface area contributed by atoms with E-state index >= 15 is 0 Å². The zero-order valence-corrected chi connectivity index (χ0v) is 9.67. The molecule has 0 atom stereocenters. The van der Waals surface area contributed by atoms with Gasteiger partial charge in [0, 0.05) is 18.5 Å². The zero-order chi connectivity index (χ0) is 12.9. The van der Waals surface area contributed by atoms with Gasteiger partial charge in [-0.05, 0) is 12.8 Å². The van der Waals surface area contributed by atoms with E-state index in [9.17, 15) is 18.0 Å². The summed E-state index contributed by atoms with van der Waals surface area (Å²) in [5.74, 6) is 0. The maximum Gasteiger partial charge on any atom is 0.401 e.